The van der Waals surface area contributed by atoms with Crippen LogP contribution in [0.5, 0.6) is 0 Å². The zero-order chi connectivity index (χ0) is 15.8. The minimum Gasteiger partial charge on any atom is -0.340 e. The number of nitrogens with one attached hydrogen (secondary N) is 1. The number of likely N-dealkylation sites (tertiary alicyclic amines) is 2. The number of rotatable bonds is 2. The number of carbonyl (C=O) groups excluding carboxylic acids is 2. The number of alkyl halides is 2. The molecule has 2 rings (SSSR count). The summed E-state index contributed by atoms with van der Waals surface area (Å²) in [5.74, 6) is -2.57. The molecule has 0 aromatic heterocycles. The molecule has 1 atom stereocenters. The number of carbonyl (C=O) groups is 2. The summed E-state index contributed by atoms with van der Waals surface area (Å²) in [5, 5.41) is 2.44. The first-order valence-corrected chi connectivity index (χ1v) is 7.29. The summed E-state index contributed by atoms with van der Waals surface area (Å²) in [6, 6.07) is -0.591. The maximum absolute atomic E-state index is 13.0. The van der Waals surface area contributed by atoms with Crippen LogP contribution < -0.4 is 5.32 Å². The molecule has 7 heteroatoms. The first-order valence-electron chi connectivity index (χ1n) is 7.29. The Morgan fingerprint density at radius 3 is 2.38 bits per heavy atom. The van der Waals surface area contributed by atoms with E-state index < -0.39 is 18.5 Å². The van der Waals surface area contributed by atoms with Gasteiger partial charge in [-0.15, -0.1) is 0 Å². The molecular formula is C14H23F2N3O2. The van der Waals surface area contributed by atoms with E-state index in [2.05, 4.69) is 26.1 Å². The molecule has 3 amide bonds. The molecule has 2 heterocycles. The molecule has 21 heavy (non-hydrogen) atoms. The van der Waals surface area contributed by atoms with Crippen LogP contribution in [0.2, 0.25) is 0 Å². The van der Waals surface area contributed by atoms with Crippen molar-refractivity contribution in [2.75, 3.05) is 32.7 Å². The van der Waals surface area contributed by atoms with Gasteiger partial charge >= 0.3 is 6.03 Å². The number of hydrogen-bond acceptors (Lipinski definition) is 2. The zero-order valence-electron chi connectivity index (χ0n) is 12.8. The molecule has 2 aliphatic heterocycles. The van der Waals surface area contributed by atoms with E-state index in [9.17, 15) is 18.4 Å². The van der Waals surface area contributed by atoms with Gasteiger partial charge in [0, 0.05) is 26.1 Å². The number of urea groups is 1. The Morgan fingerprint density at radius 2 is 1.90 bits per heavy atom. The van der Waals surface area contributed by atoms with Crippen molar-refractivity contribution in [2.24, 2.45) is 11.3 Å². The van der Waals surface area contributed by atoms with Crippen LogP contribution in [-0.2, 0) is 4.79 Å². The summed E-state index contributed by atoms with van der Waals surface area (Å²) in [7, 11) is 0. The average Bonchev–Trinajstić information content (AvgIpc) is 2.86. The lowest BCUT2D eigenvalue weighted by Crippen LogP contribution is -2.45. The molecule has 0 saturated carbocycles. The van der Waals surface area contributed by atoms with Gasteiger partial charge in [0.15, 0.2) is 0 Å². The molecule has 0 bridgehead atoms. The second kappa shape index (κ2) is 5.42. The van der Waals surface area contributed by atoms with Gasteiger partial charge in [-0.2, -0.15) is 0 Å². The van der Waals surface area contributed by atoms with Crippen molar-refractivity contribution in [3.05, 3.63) is 0 Å². The Hall–Kier alpha value is -1.40. The molecule has 2 aliphatic rings. The van der Waals surface area contributed by atoms with Crippen LogP contribution >= 0.6 is 0 Å². The summed E-state index contributed by atoms with van der Waals surface area (Å²) in [5.41, 5.74) is 0.0661. The fourth-order valence-electron chi connectivity index (χ4n) is 2.76. The second-order valence-electron chi connectivity index (χ2n) is 6.85. The van der Waals surface area contributed by atoms with E-state index in [0.717, 1.165) is 4.90 Å². The maximum Gasteiger partial charge on any atom is 0.318 e. The topological polar surface area (TPSA) is 52.7 Å². The Kier molecular flexibility index (Phi) is 4.13. The van der Waals surface area contributed by atoms with Crippen LogP contribution in [0.3, 0.4) is 0 Å². The molecule has 0 spiro atoms. The molecule has 0 aromatic rings. The van der Waals surface area contributed by atoms with Crippen molar-refractivity contribution in [1.82, 2.24) is 15.1 Å². The van der Waals surface area contributed by atoms with E-state index in [1.54, 1.807) is 4.90 Å². The van der Waals surface area contributed by atoms with Gasteiger partial charge in [-0.25, -0.2) is 13.6 Å². The molecule has 5 nitrogen and oxygen atoms in total. The predicted octanol–water partition coefficient (Wildman–Crippen LogP) is 1.54. The fourth-order valence-corrected chi connectivity index (χ4v) is 2.76. The van der Waals surface area contributed by atoms with Gasteiger partial charge in [-0.3, -0.25) is 4.79 Å². The van der Waals surface area contributed by atoms with Crippen LogP contribution in [0.25, 0.3) is 0 Å². The van der Waals surface area contributed by atoms with Gasteiger partial charge in [-0.05, 0) is 11.3 Å². The van der Waals surface area contributed by atoms with Crippen LogP contribution in [0, 0.1) is 11.3 Å². The molecule has 0 radical (unpaired) electrons. The first-order chi connectivity index (χ1) is 9.61. The van der Waals surface area contributed by atoms with Crippen molar-refractivity contribution < 1.29 is 18.4 Å². The molecule has 2 saturated heterocycles. The molecule has 0 aromatic carbocycles. The Labute approximate surface area is 123 Å². The van der Waals surface area contributed by atoms with Gasteiger partial charge < -0.3 is 15.1 Å². The lowest BCUT2D eigenvalue weighted by Gasteiger charge is -2.22. The summed E-state index contributed by atoms with van der Waals surface area (Å²) >= 11 is 0. The van der Waals surface area contributed by atoms with Crippen LogP contribution in [0.15, 0.2) is 0 Å². The van der Waals surface area contributed by atoms with Gasteiger partial charge in [0.1, 0.15) is 0 Å². The van der Waals surface area contributed by atoms with Crippen molar-refractivity contribution >= 4 is 11.9 Å². The van der Waals surface area contributed by atoms with Gasteiger partial charge in [0.2, 0.25) is 5.91 Å². The van der Waals surface area contributed by atoms with Crippen molar-refractivity contribution in [2.45, 2.75) is 33.1 Å². The zero-order valence-corrected chi connectivity index (χ0v) is 12.8. The van der Waals surface area contributed by atoms with Crippen LogP contribution in [0.1, 0.15) is 27.2 Å². The highest BCUT2D eigenvalue weighted by Crippen LogP contribution is 2.34. The summed E-state index contributed by atoms with van der Waals surface area (Å²) in [4.78, 5) is 26.6. The first kappa shape index (κ1) is 16.0. The standard InChI is InChI=1S/C14H23F2N3O2/c1-10-7-19(8-13(10,2)3)11(20)6-17-12(21)18-5-4-14(15,16)9-18/h10H,4-9H2,1-3H3,(H,17,21). The van der Waals surface area contributed by atoms with E-state index in [4.69, 9.17) is 0 Å². The monoisotopic (exact) mass is 303 g/mol. The third-order valence-corrected chi connectivity index (χ3v) is 4.63. The number of halogens is 2. The van der Waals surface area contributed by atoms with E-state index in [1.165, 1.54) is 0 Å². The molecule has 1 unspecified atom stereocenters. The predicted molar refractivity (Wildman–Crippen MR) is 74.1 cm³/mol. The maximum atomic E-state index is 13.0. The lowest BCUT2D eigenvalue weighted by molar-refractivity contribution is -0.129. The highest BCUT2D eigenvalue weighted by molar-refractivity contribution is 5.84. The largest absolute Gasteiger partial charge is 0.340 e. The minimum atomic E-state index is -2.81. The van der Waals surface area contributed by atoms with E-state index >= 15 is 0 Å². The normalized spacial score (nSPS) is 27.0. The average molecular weight is 303 g/mol. The van der Waals surface area contributed by atoms with E-state index in [1.807, 2.05) is 0 Å². The van der Waals surface area contributed by atoms with Crippen LogP contribution in [0.4, 0.5) is 13.6 Å². The summed E-state index contributed by atoms with van der Waals surface area (Å²) < 4.78 is 26.1. The highest BCUT2D eigenvalue weighted by atomic mass is 19.3. The number of amides is 3. The smallest absolute Gasteiger partial charge is 0.318 e. The Bertz CT molecular complexity index is 440. The molecule has 1 N–H and O–H groups in total. The molecule has 2 fully saturated rings. The van der Waals surface area contributed by atoms with Crippen molar-refractivity contribution in [3.63, 3.8) is 0 Å². The quantitative estimate of drug-likeness (QED) is 0.841. The minimum absolute atomic E-state index is 0.0286. The Morgan fingerprint density at radius 1 is 1.24 bits per heavy atom. The molecule has 0 aliphatic carbocycles. The molecular weight excluding hydrogens is 280 g/mol. The van der Waals surface area contributed by atoms with E-state index in [-0.39, 0.29) is 30.8 Å². The SMILES string of the molecule is CC1CN(C(=O)CNC(=O)N2CCC(F)(F)C2)CC1(C)C. The summed E-state index contributed by atoms with van der Waals surface area (Å²) in [6.07, 6.45) is -0.313. The van der Waals surface area contributed by atoms with E-state index in [0.29, 0.717) is 19.0 Å². The second-order valence-corrected chi connectivity index (χ2v) is 6.85. The fraction of sp³-hybridized carbons (Fsp3) is 0.857. The number of nitrogens with zero attached hydrogens (tertiary/aromatic N) is 2. The van der Waals surface area contributed by atoms with Crippen molar-refractivity contribution in [1.29, 1.82) is 0 Å². The number of hydrogen-bond donors (Lipinski definition) is 1. The van der Waals surface area contributed by atoms with Crippen LogP contribution in [-0.4, -0.2) is 60.4 Å². The van der Waals surface area contributed by atoms with Gasteiger partial charge in [0.25, 0.3) is 5.92 Å². The van der Waals surface area contributed by atoms with Crippen molar-refractivity contribution in [3.8, 4) is 0 Å². The third kappa shape index (κ3) is 3.63. The lowest BCUT2D eigenvalue weighted by atomic mass is 9.84. The van der Waals surface area contributed by atoms with Gasteiger partial charge in [0.05, 0.1) is 13.1 Å². The summed E-state index contributed by atoms with van der Waals surface area (Å²) in [6.45, 7) is 6.96. The Balaban J connectivity index is 1.79. The molecule has 120 valence electrons. The highest BCUT2D eigenvalue weighted by Gasteiger charge is 2.41. The third-order valence-electron chi connectivity index (χ3n) is 4.63. The van der Waals surface area contributed by atoms with Gasteiger partial charge in [-0.1, -0.05) is 20.8 Å².